The van der Waals surface area contributed by atoms with Crippen LogP contribution >= 0.6 is 0 Å². The van der Waals surface area contributed by atoms with Crippen LogP contribution in [-0.2, 0) is 9.47 Å². The molecule has 2 heteroatoms. The van der Waals surface area contributed by atoms with E-state index in [-0.39, 0.29) is 0 Å². The molecule has 3 unspecified atom stereocenters. The first-order valence-electron chi connectivity index (χ1n) is 8.01. The summed E-state index contributed by atoms with van der Waals surface area (Å²) in [6.45, 7) is 1.05. The lowest BCUT2D eigenvalue weighted by Gasteiger charge is -2.43. The Labute approximate surface area is 111 Å². The van der Waals surface area contributed by atoms with Crippen molar-refractivity contribution in [2.45, 2.75) is 70.0 Å². The van der Waals surface area contributed by atoms with Crippen molar-refractivity contribution in [3.05, 3.63) is 0 Å². The van der Waals surface area contributed by atoms with E-state index in [4.69, 9.17) is 9.47 Å². The number of fused-ring (bicyclic) bond motifs is 1. The summed E-state index contributed by atoms with van der Waals surface area (Å²) in [5, 5.41) is 0. The van der Waals surface area contributed by atoms with Gasteiger partial charge in [-0.2, -0.15) is 0 Å². The van der Waals surface area contributed by atoms with Crippen molar-refractivity contribution in [3.63, 3.8) is 0 Å². The summed E-state index contributed by atoms with van der Waals surface area (Å²) >= 11 is 0. The molecule has 1 saturated heterocycles. The second kappa shape index (κ2) is 5.92. The van der Waals surface area contributed by atoms with Crippen molar-refractivity contribution in [1.29, 1.82) is 0 Å². The van der Waals surface area contributed by atoms with E-state index in [9.17, 15) is 0 Å². The van der Waals surface area contributed by atoms with Crippen LogP contribution in [0.1, 0.15) is 57.8 Å². The smallest absolute Gasteiger partial charge is 0.0603 e. The number of hydrogen-bond acceptors (Lipinski definition) is 2. The highest BCUT2D eigenvalue weighted by molar-refractivity contribution is 4.87. The van der Waals surface area contributed by atoms with Gasteiger partial charge in [0.2, 0.25) is 0 Å². The van der Waals surface area contributed by atoms with Crippen LogP contribution in [0, 0.1) is 17.8 Å². The third kappa shape index (κ3) is 2.75. The first-order valence-corrected chi connectivity index (χ1v) is 8.01. The van der Waals surface area contributed by atoms with Crippen LogP contribution in [-0.4, -0.2) is 25.9 Å². The van der Waals surface area contributed by atoms with Gasteiger partial charge in [0.05, 0.1) is 18.8 Å². The standard InChI is InChI=1S/C16H28O2/c1-17-15-8-6-12(7-9-15)14-10-13-4-2-3-5-16(13)18-11-14/h12-16H,2-11H2,1H3. The lowest BCUT2D eigenvalue weighted by atomic mass is 9.71. The molecular formula is C16H28O2. The Morgan fingerprint density at radius 2 is 1.61 bits per heavy atom. The predicted molar refractivity (Wildman–Crippen MR) is 72.6 cm³/mol. The maximum atomic E-state index is 6.17. The maximum absolute atomic E-state index is 6.17. The molecule has 1 heterocycles. The predicted octanol–water partition coefficient (Wildman–Crippen LogP) is 3.79. The number of ether oxygens (including phenoxy) is 2. The zero-order valence-electron chi connectivity index (χ0n) is 11.8. The van der Waals surface area contributed by atoms with Crippen LogP contribution in [0.4, 0.5) is 0 Å². The van der Waals surface area contributed by atoms with Crippen molar-refractivity contribution in [2.24, 2.45) is 17.8 Å². The molecule has 2 nitrogen and oxygen atoms in total. The van der Waals surface area contributed by atoms with Crippen molar-refractivity contribution in [2.75, 3.05) is 13.7 Å². The van der Waals surface area contributed by atoms with Crippen LogP contribution in [0.15, 0.2) is 0 Å². The van der Waals surface area contributed by atoms with Gasteiger partial charge in [0.1, 0.15) is 0 Å². The Bertz CT molecular complexity index is 258. The average molecular weight is 252 g/mol. The summed E-state index contributed by atoms with van der Waals surface area (Å²) in [6.07, 6.45) is 13.5. The molecule has 104 valence electrons. The highest BCUT2D eigenvalue weighted by Gasteiger charge is 2.37. The maximum Gasteiger partial charge on any atom is 0.0603 e. The highest BCUT2D eigenvalue weighted by atomic mass is 16.5. The van der Waals surface area contributed by atoms with E-state index in [0.717, 1.165) is 24.4 Å². The van der Waals surface area contributed by atoms with Crippen molar-refractivity contribution < 1.29 is 9.47 Å². The summed E-state index contributed by atoms with van der Waals surface area (Å²) in [5.74, 6) is 2.65. The van der Waals surface area contributed by atoms with E-state index in [1.54, 1.807) is 0 Å². The number of rotatable bonds is 2. The molecule has 0 aromatic carbocycles. The van der Waals surface area contributed by atoms with E-state index in [0.29, 0.717) is 12.2 Å². The zero-order valence-corrected chi connectivity index (χ0v) is 11.8. The second-order valence-corrected chi connectivity index (χ2v) is 6.68. The van der Waals surface area contributed by atoms with Crippen LogP contribution in [0.2, 0.25) is 0 Å². The molecule has 3 fully saturated rings. The van der Waals surface area contributed by atoms with Crippen molar-refractivity contribution in [3.8, 4) is 0 Å². The van der Waals surface area contributed by atoms with Gasteiger partial charge in [-0.3, -0.25) is 0 Å². The van der Waals surface area contributed by atoms with Crippen LogP contribution in [0.3, 0.4) is 0 Å². The Kier molecular flexibility index (Phi) is 4.25. The lowest BCUT2D eigenvalue weighted by Crippen LogP contribution is -2.40. The van der Waals surface area contributed by atoms with Gasteiger partial charge >= 0.3 is 0 Å². The number of methoxy groups -OCH3 is 1. The molecule has 0 N–H and O–H groups in total. The third-order valence-corrected chi connectivity index (χ3v) is 5.69. The fourth-order valence-corrected chi connectivity index (χ4v) is 4.49. The molecule has 0 amide bonds. The summed E-state index contributed by atoms with van der Waals surface area (Å²) < 4.78 is 11.7. The largest absolute Gasteiger partial charge is 0.381 e. The lowest BCUT2D eigenvalue weighted by molar-refractivity contribution is -0.0936. The topological polar surface area (TPSA) is 18.5 Å². The molecular weight excluding hydrogens is 224 g/mol. The van der Waals surface area contributed by atoms with E-state index >= 15 is 0 Å². The average Bonchev–Trinajstić information content (AvgIpc) is 2.47. The molecule has 0 aromatic rings. The van der Waals surface area contributed by atoms with Gasteiger partial charge < -0.3 is 9.47 Å². The second-order valence-electron chi connectivity index (χ2n) is 6.68. The molecule has 2 aliphatic carbocycles. The van der Waals surface area contributed by atoms with Crippen LogP contribution in [0.25, 0.3) is 0 Å². The molecule has 0 radical (unpaired) electrons. The van der Waals surface area contributed by atoms with Gasteiger partial charge in [0.25, 0.3) is 0 Å². The van der Waals surface area contributed by atoms with E-state index in [1.807, 2.05) is 7.11 Å². The van der Waals surface area contributed by atoms with Gasteiger partial charge in [0.15, 0.2) is 0 Å². The first-order chi connectivity index (χ1) is 8.86. The van der Waals surface area contributed by atoms with Gasteiger partial charge in [-0.15, -0.1) is 0 Å². The SMILES string of the molecule is COC1CCC(C2COC3CCCCC3C2)CC1. The first kappa shape index (κ1) is 12.9. The minimum atomic E-state index is 0.535. The third-order valence-electron chi connectivity index (χ3n) is 5.69. The van der Waals surface area contributed by atoms with Gasteiger partial charge in [-0.05, 0) is 62.7 Å². The van der Waals surface area contributed by atoms with E-state index < -0.39 is 0 Å². The highest BCUT2D eigenvalue weighted by Crippen LogP contribution is 2.42. The Balaban J connectivity index is 1.51. The molecule has 2 saturated carbocycles. The Morgan fingerprint density at radius 1 is 0.833 bits per heavy atom. The minimum absolute atomic E-state index is 0.535. The summed E-state index contributed by atoms with van der Waals surface area (Å²) in [4.78, 5) is 0. The molecule has 0 spiro atoms. The molecule has 0 aromatic heterocycles. The Morgan fingerprint density at radius 3 is 2.39 bits per heavy atom. The van der Waals surface area contributed by atoms with Gasteiger partial charge in [-0.1, -0.05) is 12.8 Å². The fraction of sp³-hybridized carbons (Fsp3) is 1.00. The molecule has 18 heavy (non-hydrogen) atoms. The zero-order chi connectivity index (χ0) is 12.4. The Hall–Kier alpha value is -0.0800. The van der Waals surface area contributed by atoms with E-state index in [1.165, 1.54) is 57.8 Å². The summed E-state index contributed by atoms with van der Waals surface area (Å²) in [5.41, 5.74) is 0. The van der Waals surface area contributed by atoms with Gasteiger partial charge in [0, 0.05) is 7.11 Å². The summed E-state index contributed by atoms with van der Waals surface area (Å²) in [6, 6.07) is 0. The van der Waals surface area contributed by atoms with Gasteiger partial charge in [-0.25, -0.2) is 0 Å². The van der Waals surface area contributed by atoms with E-state index in [2.05, 4.69) is 0 Å². The fourth-order valence-electron chi connectivity index (χ4n) is 4.49. The molecule has 3 atom stereocenters. The summed E-state index contributed by atoms with van der Waals surface area (Å²) in [7, 11) is 1.86. The van der Waals surface area contributed by atoms with Crippen LogP contribution in [0.5, 0.6) is 0 Å². The quantitative estimate of drug-likeness (QED) is 0.744. The number of hydrogen-bond donors (Lipinski definition) is 0. The minimum Gasteiger partial charge on any atom is -0.381 e. The van der Waals surface area contributed by atoms with Crippen molar-refractivity contribution >= 4 is 0 Å². The molecule has 3 aliphatic rings. The monoisotopic (exact) mass is 252 g/mol. The van der Waals surface area contributed by atoms with Crippen LogP contribution < -0.4 is 0 Å². The molecule has 0 bridgehead atoms. The molecule has 1 aliphatic heterocycles. The van der Waals surface area contributed by atoms with Crippen molar-refractivity contribution in [1.82, 2.24) is 0 Å². The molecule has 3 rings (SSSR count). The normalized spacial score (nSPS) is 45.5.